The lowest BCUT2D eigenvalue weighted by atomic mass is 9.88. The summed E-state index contributed by atoms with van der Waals surface area (Å²) in [6.07, 6.45) is 5.41. The fraction of sp³-hybridized carbons (Fsp3) is 0.667. The Morgan fingerprint density at radius 1 is 1.73 bits per heavy atom. The van der Waals surface area contributed by atoms with Crippen LogP contribution in [0.2, 0.25) is 0 Å². The normalized spacial score (nSPS) is 25.5. The van der Waals surface area contributed by atoms with Crippen molar-refractivity contribution in [3.8, 4) is 0 Å². The molecule has 0 fully saturated rings. The minimum absolute atomic E-state index is 0.785. The highest BCUT2D eigenvalue weighted by atomic mass is 79.9. The predicted molar refractivity (Wildman–Crippen MR) is 49.6 cm³/mol. The number of carbonyl (C=O) groups excluding carboxylic acids is 1. The lowest BCUT2D eigenvalue weighted by Gasteiger charge is -2.20. The zero-order chi connectivity index (χ0) is 8.27. The van der Waals surface area contributed by atoms with Gasteiger partial charge in [-0.15, -0.1) is 0 Å². The first-order chi connectivity index (χ1) is 5.27. The largest absolute Gasteiger partial charge is 0.298 e. The zero-order valence-electron chi connectivity index (χ0n) is 6.77. The van der Waals surface area contributed by atoms with Gasteiger partial charge in [-0.1, -0.05) is 29.3 Å². The molecule has 0 amide bonds. The summed E-state index contributed by atoms with van der Waals surface area (Å²) in [5.41, 5.74) is 0.967. The molecular formula is C9H13BrO. The summed E-state index contributed by atoms with van der Waals surface area (Å²) < 4.78 is 1.13. The van der Waals surface area contributed by atoms with Crippen LogP contribution in [0.4, 0.5) is 0 Å². The van der Waals surface area contributed by atoms with Crippen LogP contribution in [0.25, 0.3) is 0 Å². The first kappa shape index (κ1) is 8.98. The molecule has 0 N–H and O–H groups in total. The van der Waals surface area contributed by atoms with E-state index in [2.05, 4.69) is 22.9 Å². The van der Waals surface area contributed by atoms with Gasteiger partial charge in [-0.2, -0.15) is 0 Å². The molecule has 0 heterocycles. The van der Waals surface area contributed by atoms with E-state index in [-0.39, 0.29) is 0 Å². The maximum Gasteiger partial charge on any atom is 0.146 e. The van der Waals surface area contributed by atoms with E-state index in [4.69, 9.17) is 0 Å². The Balaban J connectivity index is 2.63. The van der Waals surface area contributed by atoms with E-state index in [1.54, 1.807) is 0 Å². The fourth-order valence-corrected chi connectivity index (χ4v) is 2.20. The summed E-state index contributed by atoms with van der Waals surface area (Å²) in [4.78, 5) is 10.5. The molecule has 11 heavy (non-hydrogen) atoms. The molecule has 0 aromatic rings. The number of hydrogen-bond acceptors (Lipinski definition) is 1. The smallest absolute Gasteiger partial charge is 0.146 e. The molecule has 1 nitrogen and oxygen atoms in total. The number of halogens is 1. The van der Waals surface area contributed by atoms with E-state index in [0.717, 1.165) is 35.1 Å². The van der Waals surface area contributed by atoms with Crippen LogP contribution in [0.1, 0.15) is 32.6 Å². The molecule has 0 spiro atoms. The second kappa shape index (κ2) is 4.05. The van der Waals surface area contributed by atoms with Crippen molar-refractivity contribution in [3.63, 3.8) is 0 Å². The van der Waals surface area contributed by atoms with Crippen LogP contribution in [0, 0.1) is 5.92 Å². The van der Waals surface area contributed by atoms with Crippen LogP contribution in [0.5, 0.6) is 0 Å². The second-order valence-electron chi connectivity index (χ2n) is 3.07. The summed E-state index contributed by atoms with van der Waals surface area (Å²) in [7, 11) is 0. The maximum atomic E-state index is 10.5. The number of aldehydes is 1. The number of hydrogen-bond donors (Lipinski definition) is 0. The Kier molecular flexibility index (Phi) is 3.31. The van der Waals surface area contributed by atoms with Gasteiger partial charge in [0.25, 0.3) is 0 Å². The van der Waals surface area contributed by atoms with Gasteiger partial charge in [-0.05, 0) is 25.2 Å². The molecule has 1 rings (SSSR count). The molecule has 1 unspecified atom stereocenters. The van der Waals surface area contributed by atoms with E-state index >= 15 is 0 Å². The summed E-state index contributed by atoms with van der Waals surface area (Å²) >= 11 is 3.44. The van der Waals surface area contributed by atoms with Crippen molar-refractivity contribution in [1.29, 1.82) is 0 Å². The Morgan fingerprint density at radius 3 is 2.91 bits per heavy atom. The monoisotopic (exact) mass is 216 g/mol. The van der Waals surface area contributed by atoms with Gasteiger partial charge < -0.3 is 0 Å². The molecule has 1 aliphatic carbocycles. The molecule has 0 saturated heterocycles. The van der Waals surface area contributed by atoms with Crippen molar-refractivity contribution in [2.75, 3.05) is 0 Å². The first-order valence-corrected chi connectivity index (χ1v) is 4.90. The van der Waals surface area contributed by atoms with E-state index in [1.807, 2.05) is 0 Å². The summed E-state index contributed by atoms with van der Waals surface area (Å²) in [5, 5.41) is 0. The minimum atomic E-state index is 0.785. The van der Waals surface area contributed by atoms with Gasteiger partial charge in [0.2, 0.25) is 0 Å². The highest BCUT2D eigenvalue weighted by Gasteiger charge is 2.17. The average Bonchev–Trinajstić information content (AvgIpc) is 2.04. The molecule has 0 radical (unpaired) electrons. The number of allylic oxidation sites excluding steroid dienone is 2. The lowest BCUT2D eigenvalue weighted by Crippen LogP contribution is -2.07. The molecule has 62 valence electrons. The molecule has 1 aliphatic rings. The first-order valence-electron chi connectivity index (χ1n) is 4.10. The third kappa shape index (κ3) is 2.16. The van der Waals surface area contributed by atoms with Crippen LogP contribution >= 0.6 is 15.9 Å². The predicted octanol–water partition coefficient (Wildman–Crippen LogP) is 3.04. The molecule has 0 saturated carbocycles. The van der Waals surface area contributed by atoms with Crippen molar-refractivity contribution in [2.45, 2.75) is 32.6 Å². The standard InChI is InChI=1S/C9H13BrO/c1-2-7-3-4-8(6-11)9(10)5-7/h6-7H,2-5H2,1H3. The quantitative estimate of drug-likeness (QED) is 0.649. The maximum absolute atomic E-state index is 10.5. The molecule has 2 heteroatoms. The average molecular weight is 217 g/mol. The van der Waals surface area contributed by atoms with Gasteiger partial charge in [0.1, 0.15) is 6.29 Å². The van der Waals surface area contributed by atoms with Crippen LogP contribution in [0.3, 0.4) is 0 Å². The fourth-order valence-electron chi connectivity index (χ4n) is 1.45. The van der Waals surface area contributed by atoms with E-state index < -0.39 is 0 Å². The summed E-state index contributed by atoms with van der Waals surface area (Å²) in [5.74, 6) is 0.785. The lowest BCUT2D eigenvalue weighted by molar-refractivity contribution is -0.105. The molecule has 0 aromatic carbocycles. The minimum Gasteiger partial charge on any atom is -0.298 e. The Hall–Kier alpha value is -0.110. The second-order valence-corrected chi connectivity index (χ2v) is 4.02. The van der Waals surface area contributed by atoms with Crippen molar-refractivity contribution in [2.24, 2.45) is 5.92 Å². The highest BCUT2D eigenvalue weighted by molar-refractivity contribution is 9.11. The molecular weight excluding hydrogens is 204 g/mol. The molecule has 1 atom stereocenters. The molecule has 0 aromatic heterocycles. The van der Waals surface area contributed by atoms with Crippen LogP contribution < -0.4 is 0 Å². The topological polar surface area (TPSA) is 17.1 Å². The van der Waals surface area contributed by atoms with Crippen LogP contribution in [0.15, 0.2) is 10.1 Å². The third-order valence-corrected chi connectivity index (χ3v) is 3.19. The summed E-state index contributed by atoms with van der Waals surface area (Å²) in [6, 6.07) is 0. The van der Waals surface area contributed by atoms with Gasteiger partial charge in [-0.3, -0.25) is 4.79 Å². The van der Waals surface area contributed by atoms with Gasteiger partial charge in [0, 0.05) is 10.1 Å². The van der Waals surface area contributed by atoms with Gasteiger partial charge in [-0.25, -0.2) is 0 Å². The van der Waals surface area contributed by atoms with Crippen molar-refractivity contribution in [1.82, 2.24) is 0 Å². The Morgan fingerprint density at radius 2 is 2.45 bits per heavy atom. The van der Waals surface area contributed by atoms with E-state index in [9.17, 15) is 4.79 Å². The Labute approximate surface area is 76.0 Å². The highest BCUT2D eigenvalue weighted by Crippen LogP contribution is 2.33. The number of carbonyl (C=O) groups is 1. The Bertz CT molecular complexity index is 184. The molecule has 0 bridgehead atoms. The summed E-state index contributed by atoms with van der Waals surface area (Å²) in [6.45, 7) is 2.21. The zero-order valence-corrected chi connectivity index (χ0v) is 8.36. The van der Waals surface area contributed by atoms with Gasteiger partial charge in [0.05, 0.1) is 0 Å². The van der Waals surface area contributed by atoms with Crippen molar-refractivity contribution in [3.05, 3.63) is 10.1 Å². The third-order valence-electron chi connectivity index (χ3n) is 2.36. The van der Waals surface area contributed by atoms with E-state index in [1.165, 1.54) is 12.8 Å². The van der Waals surface area contributed by atoms with E-state index in [0.29, 0.717) is 0 Å². The van der Waals surface area contributed by atoms with Crippen molar-refractivity contribution < 1.29 is 4.79 Å². The van der Waals surface area contributed by atoms with Crippen LogP contribution in [-0.2, 0) is 4.79 Å². The molecule has 0 aliphatic heterocycles. The number of rotatable bonds is 2. The van der Waals surface area contributed by atoms with Gasteiger partial charge >= 0.3 is 0 Å². The van der Waals surface area contributed by atoms with Gasteiger partial charge in [0.15, 0.2) is 0 Å². The van der Waals surface area contributed by atoms with Crippen LogP contribution in [-0.4, -0.2) is 6.29 Å². The van der Waals surface area contributed by atoms with Crippen molar-refractivity contribution >= 4 is 22.2 Å². The SMILES string of the molecule is CCC1CCC(C=O)=C(Br)C1.